The Labute approximate surface area is 153 Å². The Kier molecular flexibility index (Phi) is 4.61. The Hall–Kier alpha value is -2.82. The molecule has 0 spiro atoms. The lowest BCUT2D eigenvalue weighted by Crippen LogP contribution is -2.41. The molecule has 0 aromatic heterocycles. The summed E-state index contributed by atoms with van der Waals surface area (Å²) in [6.07, 6.45) is 3.38. The first-order valence-corrected chi connectivity index (χ1v) is 9.25. The van der Waals surface area contributed by atoms with Crippen LogP contribution in [-0.2, 0) is 9.59 Å². The molecule has 2 aromatic rings. The highest BCUT2D eigenvalue weighted by Gasteiger charge is 2.37. The highest BCUT2D eigenvalue weighted by molar-refractivity contribution is 6.07. The zero-order valence-electron chi connectivity index (χ0n) is 14.7. The number of rotatable bonds is 4. The van der Waals surface area contributed by atoms with Crippen LogP contribution in [0, 0.1) is 0 Å². The monoisotopic (exact) mass is 349 g/mol. The minimum atomic E-state index is -0.458. The molecule has 2 aliphatic heterocycles. The summed E-state index contributed by atoms with van der Waals surface area (Å²) in [5.41, 5.74) is 2.70. The number of benzene rings is 2. The first-order valence-electron chi connectivity index (χ1n) is 9.25. The van der Waals surface area contributed by atoms with Gasteiger partial charge in [-0.25, -0.2) is 0 Å². The third kappa shape index (κ3) is 3.29. The predicted octanol–water partition coefficient (Wildman–Crippen LogP) is 3.42. The van der Waals surface area contributed by atoms with Crippen LogP contribution in [0.1, 0.15) is 25.7 Å². The Morgan fingerprint density at radius 1 is 0.962 bits per heavy atom. The van der Waals surface area contributed by atoms with E-state index in [2.05, 4.69) is 16.3 Å². The van der Waals surface area contributed by atoms with Gasteiger partial charge in [-0.05, 0) is 49.6 Å². The van der Waals surface area contributed by atoms with Gasteiger partial charge in [0.05, 0.1) is 0 Å². The smallest absolute Gasteiger partial charge is 0.247 e. The van der Waals surface area contributed by atoms with Crippen LogP contribution in [0.15, 0.2) is 54.6 Å². The molecule has 1 atom stereocenters. The molecule has 2 aliphatic rings. The predicted molar refractivity (Wildman–Crippen MR) is 103 cm³/mol. The summed E-state index contributed by atoms with van der Waals surface area (Å²) >= 11 is 0. The molecule has 1 N–H and O–H groups in total. The average Bonchev–Trinajstić information content (AvgIpc) is 3.32. The third-order valence-electron chi connectivity index (χ3n) is 5.13. The highest BCUT2D eigenvalue weighted by atomic mass is 16.2. The molecule has 0 aliphatic carbocycles. The lowest BCUT2D eigenvalue weighted by atomic mass is 10.1. The van der Waals surface area contributed by atoms with E-state index in [0.29, 0.717) is 12.8 Å². The number of hydrogen-bond donors (Lipinski definition) is 1. The molecule has 5 heteroatoms. The molecule has 26 heavy (non-hydrogen) atoms. The van der Waals surface area contributed by atoms with Crippen LogP contribution in [-0.4, -0.2) is 30.9 Å². The van der Waals surface area contributed by atoms with Gasteiger partial charge in [0.15, 0.2) is 0 Å². The summed E-state index contributed by atoms with van der Waals surface area (Å²) in [4.78, 5) is 29.1. The summed E-state index contributed by atoms with van der Waals surface area (Å²) in [5.74, 6) is -0.125. The van der Waals surface area contributed by atoms with Crippen molar-refractivity contribution in [3.05, 3.63) is 54.6 Å². The number of hydrogen-bond acceptors (Lipinski definition) is 3. The average molecular weight is 349 g/mol. The van der Waals surface area contributed by atoms with Crippen molar-refractivity contribution in [2.75, 3.05) is 28.2 Å². The van der Waals surface area contributed by atoms with Crippen LogP contribution >= 0.6 is 0 Å². The number of carbonyl (C=O) groups is 2. The summed E-state index contributed by atoms with van der Waals surface area (Å²) in [6.45, 7) is 2.13. The van der Waals surface area contributed by atoms with Crippen molar-refractivity contribution in [3.63, 3.8) is 0 Å². The second-order valence-electron chi connectivity index (χ2n) is 6.89. The zero-order valence-corrected chi connectivity index (χ0v) is 14.7. The number of nitrogens with zero attached hydrogens (tertiary/aromatic N) is 2. The van der Waals surface area contributed by atoms with Gasteiger partial charge in [-0.1, -0.05) is 24.3 Å². The fraction of sp³-hybridized carbons (Fsp3) is 0.333. The molecular formula is C21H23N3O2. The molecule has 1 unspecified atom stereocenters. The Bertz CT molecular complexity index is 800. The fourth-order valence-corrected chi connectivity index (χ4v) is 3.83. The second-order valence-corrected chi connectivity index (χ2v) is 6.89. The molecule has 0 saturated carbocycles. The van der Waals surface area contributed by atoms with Crippen LogP contribution in [0.2, 0.25) is 0 Å². The summed E-state index contributed by atoms with van der Waals surface area (Å²) in [7, 11) is 0. The zero-order chi connectivity index (χ0) is 17.9. The van der Waals surface area contributed by atoms with E-state index in [-0.39, 0.29) is 11.8 Å². The Balaban J connectivity index is 1.51. The molecule has 2 fully saturated rings. The van der Waals surface area contributed by atoms with Crippen LogP contribution in [0.5, 0.6) is 0 Å². The minimum Gasteiger partial charge on any atom is -0.371 e. The van der Waals surface area contributed by atoms with Gasteiger partial charge in [-0.15, -0.1) is 0 Å². The van der Waals surface area contributed by atoms with E-state index < -0.39 is 6.04 Å². The number of para-hydroxylation sites is 1. The van der Waals surface area contributed by atoms with E-state index in [1.807, 2.05) is 48.5 Å². The molecule has 0 radical (unpaired) electrons. The Morgan fingerprint density at radius 2 is 1.69 bits per heavy atom. The fourth-order valence-electron chi connectivity index (χ4n) is 3.83. The minimum absolute atomic E-state index is 0.00201. The SMILES string of the molecule is O=C(Nc1cccc(N2CCCC2)c1)C1CCC(=O)N1c1ccccc1. The quantitative estimate of drug-likeness (QED) is 0.920. The first-order chi connectivity index (χ1) is 12.7. The van der Waals surface area contributed by atoms with Crippen LogP contribution < -0.4 is 15.1 Å². The highest BCUT2D eigenvalue weighted by Crippen LogP contribution is 2.28. The van der Waals surface area contributed by atoms with E-state index in [0.717, 1.165) is 30.2 Å². The number of carbonyl (C=O) groups excluding carboxylic acids is 2. The van der Waals surface area contributed by atoms with Crippen LogP contribution in [0.4, 0.5) is 17.1 Å². The summed E-state index contributed by atoms with van der Waals surface area (Å²) < 4.78 is 0. The largest absolute Gasteiger partial charge is 0.371 e. The van der Waals surface area contributed by atoms with Crippen molar-refractivity contribution in [2.45, 2.75) is 31.7 Å². The maximum absolute atomic E-state index is 12.9. The van der Waals surface area contributed by atoms with Gasteiger partial charge in [0.2, 0.25) is 11.8 Å². The number of nitrogens with one attached hydrogen (secondary N) is 1. The van der Waals surface area contributed by atoms with Crippen molar-refractivity contribution in [2.24, 2.45) is 0 Å². The normalized spacial score (nSPS) is 19.8. The molecule has 2 saturated heterocycles. The van der Waals surface area contributed by atoms with E-state index in [4.69, 9.17) is 0 Å². The lowest BCUT2D eigenvalue weighted by molar-refractivity contribution is -0.120. The molecule has 2 amide bonds. The van der Waals surface area contributed by atoms with E-state index >= 15 is 0 Å². The number of amides is 2. The molecule has 134 valence electrons. The van der Waals surface area contributed by atoms with Gasteiger partial charge >= 0.3 is 0 Å². The summed E-state index contributed by atoms with van der Waals surface area (Å²) in [5, 5.41) is 3.01. The van der Waals surface area contributed by atoms with Gasteiger partial charge in [-0.3, -0.25) is 14.5 Å². The van der Waals surface area contributed by atoms with Gasteiger partial charge in [-0.2, -0.15) is 0 Å². The number of anilines is 3. The molecular weight excluding hydrogens is 326 g/mol. The molecule has 5 nitrogen and oxygen atoms in total. The molecule has 0 bridgehead atoms. The topological polar surface area (TPSA) is 52.7 Å². The van der Waals surface area contributed by atoms with Crippen LogP contribution in [0.25, 0.3) is 0 Å². The third-order valence-corrected chi connectivity index (χ3v) is 5.13. The standard InChI is InChI=1S/C21H23N3O2/c25-20-12-11-19(24(20)17-8-2-1-3-9-17)21(26)22-16-7-6-10-18(15-16)23-13-4-5-14-23/h1-3,6-10,15,19H,4-5,11-14H2,(H,22,26). The maximum atomic E-state index is 12.9. The molecule has 4 rings (SSSR count). The molecule has 2 aromatic carbocycles. The van der Waals surface area contributed by atoms with E-state index in [9.17, 15) is 9.59 Å². The lowest BCUT2D eigenvalue weighted by Gasteiger charge is -2.24. The second kappa shape index (κ2) is 7.20. The first kappa shape index (κ1) is 16.6. The van der Waals surface area contributed by atoms with Crippen molar-refractivity contribution in [1.82, 2.24) is 0 Å². The summed E-state index contributed by atoms with van der Waals surface area (Å²) in [6, 6.07) is 16.9. The Morgan fingerprint density at radius 3 is 2.46 bits per heavy atom. The van der Waals surface area contributed by atoms with Crippen molar-refractivity contribution in [1.29, 1.82) is 0 Å². The van der Waals surface area contributed by atoms with E-state index in [1.54, 1.807) is 4.90 Å². The van der Waals surface area contributed by atoms with Crippen LogP contribution in [0.3, 0.4) is 0 Å². The molecule has 2 heterocycles. The van der Waals surface area contributed by atoms with Crippen molar-refractivity contribution >= 4 is 28.9 Å². The van der Waals surface area contributed by atoms with Gasteiger partial charge in [0.1, 0.15) is 6.04 Å². The van der Waals surface area contributed by atoms with E-state index in [1.165, 1.54) is 12.8 Å². The van der Waals surface area contributed by atoms with Crippen molar-refractivity contribution < 1.29 is 9.59 Å². The van der Waals surface area contributed by atoms with Gasteiger partial charge < -0.3 is 10.2 Å². The van der Waals surface area contributed by atoms with Crippen molar-refractivity contribution in [3.8, 4) is 0 Å². The maximum Gasteiger partial charge on any atom is 0.247 e. The van der Waals surface area contributed by atoms with Gasteiger partial charge in [0, 0.05) is 36.6 Å². The van der Waals surface area contributed by atoms with Gasteiger partial charge in [0.25, 0.3) is 0 Å².